The monoisotopic (exact) mass is 460 g/mol. The fraction of sp³-hybridized carbons (Fsp3) is 0.333. The Hall–Kier alpha value is -3.08. The highest BCUT2D eigenvalue weighted by atomic mass is 19.4. The van der Waals surface area contributed by atoms with E-state index in [-0.39, 0.29) is 18.0 Å². The summed E-state index contributed by atoms with van der Waals surface area (Å²) in [5.41, 5.74) is -5.18. The number of aliphatic hydroxyl groups is 1. The molecule has 1 saturated heterocycles. The highest BCUT2D eigenvalue weighted by molar-refractivity contribution is 5.95. The van der Waals surface area contributed by atoms with Crippen LogP contribution in [0.15, 0.2) is 48.5 Å². The molecule has 1 aliphatic rings. The van der Waals surface area contributed by atoms with Crippen molar-refractivity contribution in [3.8, 4) is 0 Å². The van der Waals surface area contributed by atoms with Gasteiger partial charge in [-0.05, 0) is 36.2 Å². The zero-order chi connectivity index (χ0) is 23.7. The zero-order valence-electron chi connectivity index (χ0n) is 16.4. The highest BCUT2D eigenvalue weighted by Crippen LogP contribution is 2.50. The predicted molar refractivity (Wildman–Crippen MR) is 103 cm³/mol. The molecule has 1 aliphatic heterocycles. The van der Waals surface area contributed by atoms with Gasteiger partial charge in [-0.25, -0.2) is 0 Å². The summed E-state index contributed by atoms with van der Waals surface area (Å²) in [5, 5.41) is 11.8. The Bertz CT molecular complexity index is 971. The third kappa shape index (κ3) is 4.57. The molecule has 0 aromatic heterocycles. The normalized spacial score (nSPS) is 15.2. The van der Waals surface area contributed by atoms with E-state index in [1.165, 1.54) is 0 Å². The summed E-state index contributed by atoms with van der Waals surface area (Å²) in [4.78, 5) is 25.6. The second kappa shape index (κ2) is 8.45. The third-order valence-electron chi connectivity index (χ3n) is 5.09. The minimum absolute atomic E-state index is 0.0156. The van der Waals surface area contributed by atoms with Crippen LogP contribution in [-0.2, 0) is 21.6 Å². The van der Waals surface area contributed by atoms with Gasteiger partial charge in [0.15, 0.2) is 0 Å². The van der Waals surface area contributed by atoms with Crippen LogP contribution in [0.2, 0.25) is 0 Å². The van der Waals surface area contributed by atoms with E-state index < -0.39 is 29.4 Å². The lowest BCUT2D eigenvalue weighted by Gasteiger charge is -2.32. The first-order chi connectivity index (χ1) is 14.8. The number of alkyl halides is 6. The van der Waals surface area contributed by atoms with E-state index in [0.717, 1.165) is 18.6 Å². The van der Waals surface area contributed by atoms with Crippen molar-refractivity contribution in [2.45, 2.75) is 37.2 Å². The Balaban J connectivity index is 1.66. The molecule has 0 spiro atoms. The molecule has 3 rings (SSSR count). The Morgan fingerprint density at radius 3 is 1.97 bits per heavy atom. The number of hydrogen-bond donors (Lipinski definition) is 2. The number of anilines is 2. The highest BCUT2D eigenvalue weighted by Gasteiger charge is 2.71. The Kier molecular flexibility index (Phi) is 6.23. The van der Waals surface area contributed by atoms with Crippen molar-refractivity contribution < 1.29 is 41.0 Å². The summed E-state index contributed by atoms with van der Waals surface area (Å²) in [7, 11) is 0. The molecule has 2 amide bonds. The second-order valence-corrected chi connectivity index (χ2v) is 7.32. The largest absolute Gasteiger partial charge is 0.430 e. The number of hydrogen-bond acceptors (Lipinski definition) is 3. The van der Waals surface area contributed by atoms with Gasteiger partial charge in [-0.1, -0.05) is 24.3 Å². The van der Waals surface area contributed by atoms with E-state index in [2.05, 4.69) is 5.32 Å². The SMILES string of the molecule is O=C(Cc1ccc(N2CCCC2=O)cc1)Nc1ccc(C(O)(C(F)(F)F)C(F)(F)F)cc1. The smallest absolute Gasteiger partial charge is 0.369 e. The van der Waals surface area contributed by atoms with E-state index in [0.29, 0.717) is 36.3 Å². The molecule has 32 heavy (non-hydrogen) atoms. The first-order valence-electron chi connectivity index (χ1n) is 9.48. The zero-order valence-corrected chi connectivity index (χ0v) is 16.4. The molecule has 2 aromatic carbocycles. The van der Waals surface area contributed by atoms with Gasteiger partial charge in [0.2, 0.25) is 11.8 Å². The maximum atomic E-state index is 12.9. The molecule has 0 aliphatic carbocycles. The number of nitrogens with zero attached hydrogens (tertiary/aromatic N) is 1. The second-order valence-electron chi connectivity index (χ2n) is 7.32. The number of halogens is 6. The van der Waals surface area contributed by atoms with E-state index in [1.807, 2.05) is 0 Å². The molecule has 1 heterocycles. The Morgan fingerprint density at radius 1 is 0.938 bits per heavy atom. The summed E-state index contributed by atoms with van der Waals surface area (Å²) < 4.78 is 77.6. The summed E-state index contributed by atoms with van der Waals surface area (Å²) in [5.74, 6) is -0.536. The average molecular weight is 460 g/mol. The van der Waals surface area contributed by atoms with Crippen LogP contribution in [0.3, 0.4) is 0 Å². The van der Waals surface area contributed by atoms with Crippen LogP contribution in [0.5, 0.6) is 0 Å². The van der Waals surface area contributed by atoms with Crippen LogP contribution < -0.4 is 10.2 Å². The topological polar surface area (TPSA) is 69.6 Å². The maximum absolute atomic E-state index is 12.9. The van der Waals surface area contributed by atoms with E-state index in [4.69, 9.17) is 0 Å². The van der Waals surface area contributed by atoms with Crippen molar-refractivity contribution in [3.05, 3.63) is 59.7 Å². The van der Waals surface area contributed by atoms with Gasteiger partial charge in [-0.3, -0.25) is 9.59 Å². The van der Waals surface area contributed by atoms with Crippen molar-refractivity contribution in [2.24, 2.45) is 0 Å². The third-order valence-corrected chi connectivity index (χ3v) is 5.09. The lowest BCUT2D eigenvalue weighted by atomic mass is 9.92. The van der Waals surface area contributed by atoms with Gasteiger partial charge < -0.3 is 15.3 Å². The van der Waals surface area contributed by atoms with Crippen LogP contribution in [0, 0.1) is 0 Å². The lowest BCUT2D eigenvalue weighted by Crippen LogP contribution is -2.53. The summed E-state index contributed by atoms with van der Waals surface area (Å²) >= 11 is 0. The van der Waals surface area contributed by atoms with E-state index in [1.54, 1.807) is 29.2 Å². The molecular weight excluding hydrogens is 442 g/mol. The van der Waals surface area contributed by atoms with Gasteiger partial charge in [0.25, 0.3) is 5.60 Å². The molecule has 2 N–H and O–H groups in total. The lowest BCUT2D eigenvalue weighted by molar-refractivity contribution is -0.376. The molecule has 0 saturated carbocycles. The molecule has 11 heteroatoms. The number of nitrogens with one attached hydrogen (secondary N) is 1. The van der Waals surface area contributed by atoms with Gasteiger partial charge in [0.1, 0.15) is 0 Å². The first-order valence-corrected chi connectivity index (χ1v) is 9.48. The van der Waals surface area contributed by atoms with Gasteiger partial charge in [0.05, 0.1) is 6.42 Å². The minimum Gasteiger partial charge on any atom is -0.369 e. The standard InChI is InChI=1S/C21H18F6N2O3/c22-20(23,24)19(32,21(25,26)27)14-5-7-15(8-6-14)28-17(30)12-13-3-9-16(10-4-13)29-11-1-2-18(29)31/h3-10,32H,1-2,11-12H2,(H,28,30). The summed E-state index contributed by atoms with van der Waals surface area (Å²) in [6.45, 7) is 0.618. The number of carbonyl (C=O) groups excluding carboxylic acids is 2. The average Bonchev–Trinajstić information content (AvgIpc) is 3.12. The van der Waals surface area contributed by atoms with Gasteiger partial charge >= 0.3 is 12.4 Å². The molecular formula is C21H18F6N2O3. The molecule has 1 fully saturated rings. The molecule has 0 bridgehead atoms. The number of amides is 2. The predicted octanol–water partition coefficient (Wildman–Crippen LogP) is 4.31. The number of carbonyl (C=O) groups is 2. The van der Waals surface area contributed by atoms with Crippen LogP contribution >= 0.6 is 0 Å². The molecule has 2 aromatic rings. The molecule has 5 nitrogen and oxygen atoms in total. The molecule has 0 atom stereocenters. The maximum Gasteiger partial charge on any atom is 0.430 e. The quantitative estimate of drug-likeness (QED) is 0.654. The van der Waals surface area contributed by atoms with Crippen molar-refractivity contribution in [1.82, 2.24) is 0 Å². The van der Waals surface area contributed by atoms with Crippen molar-refractivity contribution in [3.63, 3.8) is 0 Å². The van der Waals surface area contributed by atoms with Crippen molar-refractivity contribution in [2.75, 3.05) is 16.8 Å². The fourth-order valence-corrected chi connectivity index (χ4v) is 3.39. The summed E-state index contributed by atoms with van der Waals surface area (Å²) in [6, 6.07) is 9.28. The number of benzene rings is 2. The van der Waals surface area contributed by atoms with Crippen LogP contribution in [-0.4, -0.2) is 35.8 Å². The van der Waals surface area contributed by atoms with Crippen LogP contribution in [0.1, 0.15) is 24.0 Å². The van der Waals surface area contributed by atoms with Crippen LogP contribution in [0.4, 0.5) is 37.7 Å². The Morgan fingerprint density at radius 2 is 1.50 bits per heavy atom. The van der Waals surface area contributed by atoms with Crippen LogP contribution in [0.25, 0.3) is 0 Å². The molecule has 0 unspecified atom stereocenters. The Labute approximate surface area is 178 Å². The fourth-order valence-electron chi connectivity index (χ4n) is 3.39. The van der Waals surface area contributed by atoms with E-state index >= 15 is 0 Å². The van der Waals surface area contributed by atoms with Gasteiger partial charge in [-0.15, -0.1) is 0 Å². The first kappa shape index (κ1) is 23.6. The van der Waals surface area contributed by atoms with Gasteiger partial charge in [0, 0.05) is 29.9 Å². The van der Waals surface area contributed by atoms with Gasteiger partial charge in [-0.2, -0.15) is 26.3 Å². The van der Waals surface area contributed by atoms with E-state index in [9.17, 15) is 41.0 Å². The molecule has 0 radical (unpaired) electrons. The van der Waals surface area contributed by atoms with Crippen molar-refractivity contribution in [1.29, 1.82) is 0 Å². The molecule has 172 valence electrons. The van der Waals surface area contributed by atoms with Crippen molar-refractivity contribution >= 4 is 23.2 Å². The minimum atomic E-state index is -5.98. The number of rotatable bonds is 5. The summed E-state index contributed by atoms with van der Waals surface area (Å²) in [6.07, 6.45) is -10.8.